The van der Waals surface area contributed by atoms with E-state index < -0.39 is 9.84 Å². The minimum Gasteiger partial charge on any atom is -0.312 e. The zero-order chi connectivity index (χ0) is 10.3. The molecular weight excluding hydrogens is 186 g/mol. The second-order valence-corrected chi connectivity index (χ2v) is 5.36. The maximum Gasteiger partial charge on any atom is 0.148 e. The molecule has 0 aromatic heterocycles. The summed E-state index contributed by atoms with van der Waals surface area (Å²) in [4.78, 5) is 0. The lowest BCUT2D eigenvalue weighted by Crippen LogP contribution is -2.32. The maximum atomic E-state index is 10.8. The van der Waals surface area contributed by atoms with Crippen LogP contribution in [-0.2, 0) is 9.84 Å². The summed E-state index contributed by atoms with van der Waals surface area (Å²) in [7, 11) is -2.86. The third-order valence-electron chi connectivity index (χ3n) is 1.76. The third kappa shape index (κ3) is 7.82. The summed E-state index contributed by atoms with van der Waals surface area (Å²) in [6.45, 7) is 2.51. The smallest absolute Gasteiger partial charge is 0.148 e. The van der Waals surface area contributed by atoms with E-state index in [4.69, 9.17) is 6.42 Å². The summed E-state index contributed by atoms with van der Waals surface area (Å²) >= 11 is 0. The Kier molecular flexibility index (Phi) is 5.76. The summed E-state index contributed by atoms with van der Waals surface area (Å²) in [5.41, 5.74) is 0. The van der Waals surface area contributed by atoms with Crippen LogP contribution in [0.25, 0.3) is 0 Å². The molecule has 1 atom stereocenters. The fraction of sp³-hybridized carbons (Fsp3) is 0.778. The van der Waals surface area contributed by atoms with Gasteiger partial charge in [0, 0.05) is 25.3 Å². The predicted molar refractivity (Wildman–Crippen MR) is 55.2 cm³/mol. The van der Waals surface area contributed by atoms with Gasteiger partial charge in [-0.1, -0.05) is 6.92 Å². The summed E-state index contributed by atoms with van der Waals surface area (Å²) in [5.74, 6) is 2.73. The molecule has 13 heavy (non-hydrogen) atoms. The Hall–Kier alpha value is -0.530. The minimum atomic E-state index is -2.86. The third-order valence-corrected chi connectivity index (χ3v) is 2.71. The topological polar surface area (TPSA) is 46.2 Å². The molecule has 3 nitrogen and oxygen atoms in total. The maximum absolute atomic E-state index is 10.8. The molecule has 0 rings (SSSR count). The van der Waals surface area contributed by atoms with E-state index in [0.29, 0.717) is 13.0 Å². The van der Waals surface area contributed by atoms with Gasteiger partial charge in [-0.3, -0.25) is 0 Å². The van der Waals surface area contributed by atoms with Crippen LogP contribution < -0.4 is 5.32 Å². The Morgan fingerprint density at radius 2 is 2.15 bits per heavy atom. The Bertz CT molecular complexity index is 264. The lowest BCUT2D eigenvalue weighted by Gasteiger charge is -2.12. The van der Waals surface area contributed by atoms with Gasteiger partial charge >= 0.3 is 0 Å². The molecule has 0 bridgehead atoms. The lowest BCUT2D eigenvalue weighted by molar-refractivity contribution is 0.520. The molecule has 0 aromatic rings. The van der Waals surface area contributed by atoms with Crippen LogP contribution in [0.4, 0.5) is 0 Å². The molecule has 0 fully saturated rings. The van der Waals surface area contributed by atoms with Crippen LogP contribution in [-0.4, -0.2) is 33.0 Å². The van der Waals surface area contributed by atoms with E-state index in [2.05, 4.69) is 11.2 Å². The Balaban J connectivity index is 3.69. The summed E-state index contributed by atoms with van der Waals surface area (Å²) in [6, 6.07) is 0.242. The summed E-state index contributed by atoms with van der Waals surface area (Å²) < 4.78 is 21.6. The number of hydrogen-bond donors (Lipinski definition) is 1. The number of nitrogens with one attached hydrogen (secondary N) is 1. The zero-order valence-electron chi connectivity index (χ0n) is 8.21. The van der Waals surface area contributed by atoms with Crippen LogP contribution in [0.2, 0.25) is 0 Å². The highest BCUT2D eigenvalue weighted by Gasteiger charge is 2.05. The second kappa shape index (κ2) is 6.01. The molecule has 0 saturated carbocycles. The van der Waals surface area contributed by atoms with Crippen LogP contribution >= 0.6 is 0 Å². The van der Waals surface area contributed by atoms with Crippen LogP contribution in [0.1, 0.15) is 19.8 Å². The van der Waals surface area contributed by atoms with Crippen molar-refractivity contribution in [3.8, 4) is 12.3 Å². The Labute approximate surface area is 80.8 Å². The van der Waals surface area contributed by atoms with Crippen LogP contribution in [0.5, 0.6) is 0 Å². The number of hydrogen-bond acceptors (Lipinski definition) is 3. The van der Waals surface area contributed by atoms with E-state index in [9.17, 15) is 8.42 Å². The van der Waals surface area contributed by atoms with E-state index in [1.165, 1.54) is 6.26 Å². The van der Waals surface area contributed by atoms with Crippen molar-refractivity contribution in [2.45, 2.75) is 25.8 Å². The van der Waals surface area contributed by atoms with Crippen molar-refractivity contribution in [3.63, 3.8) is 0 Å². The van der Waals surface area contributed by atoms with Crippen molar-refractivity contribution in [1.29, 1.82) is 0 Å². The van der Waals surface area contributed by atoms with E-state index >= 15 is 0 Å². The summed E-state index contributed by atoms with van der Waals surface area (Å²) in [5, 5.41) is 3.11. The Morgan fingerprint density at radius 3 is 2.54 bits per heavy atom. The van der Waals surface area contributed by atoms with Crippen molar-refractivity contribution in [2.75, 3.05) is 18.6 Å². The molecule has 0 aromatic carbocycles. The number of terminal acetylenes is 1. The van der Waals surface area contributed by atoms with E-state index in [1.54, 1.807) is 0 Å². The number of rotatable bonds is 6. The molecule has 0 saturated heterocycles. The molecule has 0 aliphatic rings. The molecule has 0 aliphatic heterocycles. The van der Waals surface area contributed by atoms with Crippen molar-refractivity contribution < 1.29 is 8.42 Å². The average molecular weight is 203 g/mol. The first-order chi connectivity index (χ1) is 5.99. The average Bonchev–Trinajstić information content (AvgIpc) is 2.01. The lowest BCUT2D eigenvalue weighted by atomic mass is 10.1. The summed E-state index contributed by atoms with van der Waals surface area (Å²) in [6.07, 6.45) is 7.96. The first-order valence-electron chi connectivity index (χ1n) is 4.34. The predicted octanol–water partition coefficient (Wildman–Crippen LogP) is 0.423. The molecule has 1 N–H and O–H groups in total. The first kappa shape index (κ1) is 12.5. The molecule has 0 amide bonds. The number of sulfone groups is 1. The van der Waals surface area contributed by atoms with E-state index in [1.807, 2.05) is 6.92 Å². The van der Waals surface area contributed by atoms with E-state index in [-0.39, 0.29) is 11.8 Å². The molecule has 0 heterocycles. The molecule has 0 aliphatic carbocycles. The minimum absolute atomic E-state index is 0.175. The van der Waals surface area contributed by atoms with Gasteiger partial charge in [0.25, 0.3) is 0 Å². The van der Waals surface area contributed by atoms with Crippen LogP contribution in [0, 0.1) is 12.3 Å². The van der Waals surface area contributed by atoms with Gasteiger partial charge in [-0.05, 0) is 6.42 Å². The van der Waals surface area contributed by atoms with Gasteiger partial charge in [0.15, 0.2) is 0 Å². The van der Waals surface area contributed by atoms with Gasteiger partial charge in [-0.15, -0.1) is 12.3 Å². The second-order valence-electron chi connectivity index (χ2n) is 3.10. The molecule has 4 heteroatoms. The SMILES string of the molecule is C#CCC(CC)NCCS(C)(=O)=O. The molecule has 0 spiro atoms. The van der Waals surface area contributed by atoms with Gasteiger partial charge < -0.3 is 5.32 Å². The molecule has 0 radical (unpaired) electrons. The van der Waals surface area contributed by atoms with E-state index in [0.717, 1.165) is 6.42 Å². The highest BCUT2D eigenvalue weighted by Crippen LogP contribution is 1.95. The fourth-order valence-electron chi connectivity index (χ4n) is 0.952. The normalized spacial score (nSPS) is 13.6. The fourth-order valence-corrected chi connectivity index (χ4v) is 1.44. The van der Waals surface area contributed by atoms with Crippen LogP contribution in [0.3, 0.4) is 0 Å². The highest BCUT2D eigenvalue weighted by molar-refractivity contribution is 7.90. The molecule has 76 valence electrons. The molecular formula is C9H17NO2S. The first-order valence-corrected chi connectivity index (χ1v) is 6.40. The van der Waals surface area contributed by atoms with Crippen molar-refractivity contribution in [2.24, 2.45) is 0 Å². The molecule has 1 unspecified atom stereocenters. The van der Waals surface area contributed by atoms with Gasteiger partial charge in [-0.2, -0.15) is 0 Å². The van der Waals surface area contributed by atoms with Crippen molar-refractivity contribution in [3.05, 3.63) is 0 Å². The van der Waals surface area contributed by atoms with Crippen LogP contribution in [0.15, 0.2) is 0 Å². The van der Waals surface area contributed by atoms with Crippen molar-refractivity contribution >= 4 is 9.84 Å². The van der Waals surface area contributed by atoms with Gasteiger partial charge in [0.05, 0.1) is 5.75 Å². The zero-order valence-corrected chi connectivity index (χ0v) is 9.02. The Morgan fingerprint density at radius 1 is 1.54 bits per heavy atom. The highest BCUT2D eigenvalue weighted by atomic mass is 32.2. The largest absolute Gasteiger partial charge is 0.312 e. The van der Waals surface area contributed by atoms with Gasteiger partial charge in [0.1, 0.15) is 9.84 Å². The van der Waals surface area contributed by atoms with Gasteiger partial charge in [-0.25, -0.2) is 8.42 Å². The quantitative estimate of drug-likeness (QED) is 0.636. The monoisotopic (exact) mass is 203 g/mol. The van der Waals surface area contributed by atoms with Crippen molar-refractivity contribution in [1.82, 2.24) is 5.32 Å². The van der Waals surface area contributed by atoms with Gasteiger partial charge in [0.2, 0.25) is 0 Å². The standard InChI is InChI=1S/C9H17NO2S/c1-4-6-9(5-2)10-7-8-13(3,11)12/h1,9-10H,5-8H2,2-3H3.